The van der Waals surface area contributed by atoms with Gasteiger partial charge in [-0.3, -0.25) is 0 Å². The SMILES string of the molecule is C/C(c1ccc(N(c2cccc(-n3c4ccccc4c4ccccc43)c2)c2cc(-c3cccc4ccccc34)ccc2-c2ccccc2)cc1)=c1/cccc/c1=C1\C=CC=CC1. The number of hydrogen-bond acceptors (Lipinski definition) is 1. The Morgan fingerprint density at radius 3 is 1.94 bits per heavy atom. The molecule has 2 nitrogen and oxygen atoms in total. The molecule has 0 saturated heterocycles. The molecule has 11 rings (SSSR count). The van der Waals surface area contributed by atoms with Gasteiger partial charge in [0, 0.05) is 33.4 Å². The molecule has 1 heterocycles. The molecule has 10 aromatic rings. The summed E-state index contributed by atoms with van der Waals surface area (Å²) in [7, 11) is 0. The minimum Gasteiger partial charge on any atom is -0.310 e. The fourth-order valence-electron chi connectivity index (χ4n) is 9.44. The predicted molar refractivity (Wildman–Crippen MR) is 264 cm³/mol. The number of benzene rings is 9. The van der Waals surface area contributed by atoms with Gasteiger partial charge in [-0.15, -0.1) is 0 Å². The highest BCUT2D eigenvalue weighted by atomic mass is 15.1. The van der Waals surface area contributed by atoms with Gasteiger partial charge >= 0.3 is 0 Å². The van der Waals surface area contributed by atoms with E-state index in [1.165, 1.54) is 70.9 Å². The third kappa shape index (κ3) is 6.63. The second-order valence-electron chi connectivity index (χ2n) is 16.1. The summed E-state index contributed by atoms with van der Waals surface area (Å²) in [5.74, 6) is 0. The average Bonchev–Trinajstić information content (AvgIpc) is 3.69. The van der Waals surface area contributed by atoms with E-state index in [0.717, 1.165) is 40.3 Å². The van der Waals surface area contributed by atoms with E-state index in [0.29, 0.717) is 0 Å². The van der Waals surface area contributed by atoms with Crippen LogP contribution in [0.15, 0.2) is 237 Å². The van der Waals surface area contributed by atoms with Crippen molar-refractivity contribution in [2.45, 2.75) is 13.3 Å². The maximum absolute atomic E-state index is 2.45. The second kappa shape index (κ2) is 15.9. The molecular weight excluding hydrogens is 749 g/mol. The van der Waals surface area contributed by atoms with Crippen LogP contribution in [0, 0.1) is 0 Å². The zero-order chi connectivity index (χ0) is 41.4. The first-order valence-corrected chi connectivity index (χ1v) is 21.5. The molecule has 294 valence electrons. The largest absolute Gasteiger partial charge is 0.310 e. The van der Waals surface area contributed by atoms with Crippen LogP contribution in [0.5, 0.6) is 0 Å². The van der Waals surface area contributed by atoms with Crippen LogP contribution in [-0.4, -0.2) is 4.57 Å². The summed E-state index contributed by atoms with van der Waals surface area (Å²) < 4.78 is 2.41. The normalized spacial score (nSPS) is 13.8. The van der Waals surface area contributed by atoms with E-state index in [-0.39, 0.29) is 0 Å². The Kier molecular flexibility index (Phi) is 9.52. The highest BCUT2D eigenvalue weighted by molar-refractivity contribution is 6.09. The second-order valence-corrected chi connectivity index (χ2v) is 16.1. The maximum atomic E-state index is 2.45. The number of allylic oxidation sites excluding steroid dienone is 4. The molecule has 9 aromatic carbocycles. The quantitative estimate of drug-likeness (QED) is 0.156. The van der Waals surface area contributed by atoms with Crippen molar-refractivity contribution in [3.05, 3.63) is 253 Å². The van der Waals surface area contributed by atoms with E-state index in [1.807, 2.05) is 0 Å². The molecule has 0 saturated carbocycles. The van der Waals surface area contributed by atoms with E-state index < -0.39 is 0 Å². The Morgan fingerprint density at radius 1 is 0.484 bits per heavy atom. The number of para-hydroxylation sites is 2. The predicted octanol–water partition coefficient (Wildman–Crippen LogP) is 14.6. The lowest BCUT2D eigenvalue weighted by Gasteiger charge is -2.29. The number of rotatable bonds is 7. The van der Waals surface area contributed by atoms with Crippen molar-refractivity contribution >= 4 is 60.8 Å². The Morgan fingerprint density at radius 2 is 1.16 bits per heavy atom. The third-order valence-corrected chi connectivity index (χ3v) is 12.5. The number of anilines is 3. The summed E-state index contributed by atoms with van der Waals surface area (Å²) >= 11 is 0. The monoisotopic (exact) mass is 792 g/mol. The van der Waals surface area contributed by atoms with Crippen LogP contribution in [0.1, 0.15) is 18.9 Å². The molecule has 0 amide bonds. The third-order valence-electron chi connectivity index (χ3n) is 12.5. The van der Waals surface area contributed by atoms with Gasteiger partial charge in [-0.25, -0.2) is 0 Å². The van der Waals surface area contributed by atoms with E-state index in [9.17, 15) is 0 Å². The first-order valence-electron chi connectivity index (χ1n) is 21.5. The molecule has 0 fully saturated rings. The molecule has 1 aliphatic rings. The van der Waals surface area contributed by atoms with Crippen LogP contribution in [0.3, 0.4) is 0 Å². The van der Waals surface area contributed by atoms with E-state index >= 15 is 0 Å². The van der Waals surface area contributed by atoms with E-state index in [2.05, 4.69) is 253 Å². The van der Waals surface area contributed by atoms with Gasteiger partial charge in [0.1, 0.15) is 0 Å². The topological polar surface area (TPSA) is 8.17 Å². The molecule has 0 atom stereocenters. The van der Waals surface area contributed by atoms with Crippen molar-refractivity contribution in [2.75, 3.05) is 4.90 Å². The first-order chi connectivity index (χ1) is 30.7. The Bertz CT molecular complexity index is 3440. The summed E-state index contributed by atoms with van der Waals surface area (Å²) in [6, 6.07) is 77.6. The molecule has 1 aliphatic carbocycles. The van der Waals surface area contributed by atoms with Crippen LogP contribution in [-0.2, 0) is 0 Å². The highest BCUT2D eigenvalue weighted by Crippen LogP contribution is 2.45. The van der Waals surface area contributed by atoms with Gasteiger partial charge in [0.25, 0.3) is 0 Å². The molecule has 0 spiro atoms. The summed E-state index contributed by atoms with van der Waals surface area (Å²) in [4.78, 5) is 2.45. The van der Waals surface area contributed by atoms with Gasteiger partial charge in [-0.1, -0.05) is 188 Å². The molecule has 0 N–H and O–H groups in total. The summed E-state index contributed by atoms with van der Waals surface area (Å²) in [6.45, 7) is 2.25. The van der Waals surface area contributed by atoms with E-state index in [4.69, 9.17) is 0 Å². The van der Waals surface area contributed by atoms with Crippen LogP contribution in [0.4, 0.5) is 17.1 Å². The highest BCUT2D eigenvalue weighted by Gasteiger charge is 2.21. The molecule has 0 aliphatic heterocycles. The zero-order valence-electron chi connectivity index (χ0n) is 34.6. The smallest absolute Gasteiger partial charge is 0.0546 e. The zero-order valence-corrected chi connectivity index (χ0v) is 34.6. The molecular formula is C60H44N2. The minimum atomic E-state index is 0.934. The van der Waals surface area contributed by atoms with Crippen molar-refractivity contribution in [3.63, 3.8) is 0 Å². The minimum absolute atomic E-state index is 0.934. The van der Waals surface area contributed by atoms with E-state index in [1.54, 1.807) is 0 Å². The fraction of sp³-hybridized carbons (Fsp3) is 0.0333. The number of nitrogens with zero attached hydrogens (tertiary/aromatic N) is 2. The lowest BCUT2D eigenvalue weighted by molar-refractivity contribution is 1.17. The van der Waals surface area contributed by atoms with Gasteiger partial charge in [-0.05, 0) is 116 Å². The lowest BCUT2D eigenvalue weighted by atomic mass is 9.94. The summed E-state index contributed by atoms with van der Waals surface area (Å²) in [5, 5.41) is 7.51. The molecule has 0 radical (unpaired) electrons. The first kappa shape index (κ1) is 37.1. The molecule has 1 aromatic heterocycles. The fourth-order valence-corrected chi connectivity index (χ4v) is 9.44. The number of fused-ring (bicyclic) bond motifs is 4. The number of aromatic nitrogens is 1. The molecule has 62 heavy (non-hydrogen) atoms. The van der Waals surface area contributed by atoms with Gasteiger partial charge in [-0.2, -0.15) is 0 Å². The van der Waals surface area contributed by atoms with Crippen LogP contribution < -0.4 is 15.3 Å². The number of hydrogen-bond donors (Lipinski definition) is 0. The van der Waals surface area contributed by atoms with Crippen molar-refractivity contribution in [3.8, 4) is 27.9 Å². The maximum Gasteiger partial charge on any atom is 0.0546 e. The average molecular weight is 793 g/mol. The summed E-state index contributed by atoms with van der Waals surface area (Å²) in [5.41, 5.74) is 15.2. The molecule has 2 heteroatoms. The summed E-state index contributed by atoms with van der Waals surface area (Å²) in [6.07, 6.45) is 9.69. The van der Waals surface area contributed by atoms with Crippen molar-refractivity contribution in [2.24, 2.45) is 0 Å². The van der Waals surface area contributed by atoms with Crippen LogP contribution in [0.2, 0.25) is 0 Å². The van der Waals surface area contributed by atoms with Crippen molar-refractivity contribution in [1.82, 2.24) is 4.57 Å². The van der Waals surface area contributed by atoms with Crippen LogP contribution >= 0.6 is 0 Å². The van der Waals surface area contributed by atoms with Crippen LogP contribution in [0.25, 0.3) is 71.7 Å². The molecule has 0 unspecified atom stereocenters. The van der Waals surface area contributed by atoms with Gasteiger partial charge in [0.15, 0.2) is 0 Å². The molecule has 0 bridgehead atoms. The van der Waals surface area contributed by atoms with Gasteiger partial charge in [0.2, 0.25) is 0 Å². The lowest BCUT2D eigenvalue weighted by Crippen LogP contribution is -2.28. The van der Waals surface area contributed by atoms with Crippen molar-refractivity contribution in [1.29, 1.82) is 0 Å². The van der Waals surface area contributed by atoms with Gasteiger partial charge < -0.3 is 9.47 Å². The Labute approximate surface area is 362 Å². The Balaban J connectivity index is 1.15. The van der Waals surface area contributed by atoms with Gasteiger partial charge in [0.05, 0.1) is 16.7 Å². The standard InChI is InChI=1S/C60H44N2/c1-42(51-26-10-11-27-52(51)44-18-4-2-5-19-44)43-34-37-48(38-35-43)61(49-24-17-25-50(41-49)62-58-32-14-12-29-56(58)57-30-13-15-33-59(57)62)60-40-47(36-39-55(60)46-20-6-3-7-21-46)54-31-16-23-45-22-8-9-28-53(45)54/h2-18,20-41H,19H2,1H3/b51-42+,52-44-. The van der Waals surface area contributed by atoms with Crippen molar-refractivity contribution < 1.29 is 0 Å². The Hall–Kier alpha value is -7.94.